The molecule has 0 spiro atoms. The minimum Gasteiger partial charge on any atom is -0.507 e. The molecule has 6 atom stereocenters. The van der Waals surface area contributed by atoms with Gasteiger partial charge in [0.25, 0.3) is 0 Å². The lowest BCUT2D eigenvalue weighted by molar-refractivity contribution is -0.181. The molecule has 178 valence electrons. The second kappa shape index (κ2) is 8.13. The summed E-state index contributed by atoms with van der Waals surface area (Å²) in [6.07, 6.45) is 0.0854. The first-order chi connectivity index (χ1) is 16.0. The molecule has 0 radical (unpaired) electrons. The van der Waals surface area contributed by atoms with Crippen molar-refractivity contribution in [3.05, 3.63) is 28.8 Å². The Morgan fingerprint density at radius 1 is 1.21 bits per heavy atom. The molecule has 10 heteroatoms. The van der Waals surface area contributed by atoms with Gasteiger partial charge in [-0.3, -0.25) is 28.9 Å². The summed E-state index contributed by atoms with van der Waals surface area (Å²) in [4.78, 5) is 66.7. The van der Waals surface area contributed by atoms with Crippen LogP contribution in [0.4, 0.5) is 0 Å². The van der Waals surface area contributed by atoms with Crippen LogP contribution in [0.3, 0.4) is 0 Å². The molecular weight excluding hydrogens is 444 g/mol. The predicted octanol–water partition coefficient (Wildman–Crippen LogP) is -1.79. The number of aliphatic hydroxyl groups is 2. The zero-order valence-electron chi connectivity index (χ0n) is 18.6. The molecule has 0 bridgehead atoms. The first-order valence-corrected chi connectivity index (χ1v) is 10.8. The molecule has 0 heterocycles. The van der Waals surface area contributed by atoms with E-state index in [1.165, 1.54) is 31.1 Å². The Bertz CT molecular complexity index is 1210. The molecule has 2 fully saturated rings. The largest absolute Gasteiger partial charge is 0.507 e. The maximum atomic E-state index is 13.6. The lowest BCUT2D eigenvalue weighted by Crippen LogP contribution is -2.74. The van der Waals surface area contributed by atoms with Gasteiger partial charge in [-0.2, -0.15) is 0 Å². The van der Waals surface area contributed by atoms with Gasteiger partial charge in [0.15, 0.2) is 34.7 Å². The Balaban J connectivity index is 1.88. The number of primary amides is 1. The second-order valence-corrected chi connectivity index (χ2v) is 9.24. The summed E-state index contributed by atoms with van der Waals surface area (Å²) in [6.45, 7) is -0.418. The van der Waals surface area contributed by atoms with Crippen molar-refractivity contribution < 1.29 is 39.3 Å². The Kier molecular flexibility index (Phi) is 5.68. The van der Waals surface area contributed by atoms with Gasteiger partial charge in [0.1, 0.15) is 12.4 Å². The number of benzene rings is 1. The Hall–Kier alpha value is -3.39. The number of hydrogen-bond acceptors (Lipinski definition) is 9. The van der Waals surface area contributed by atoms with E-state index < -0.39 is 71.0 Å². The van der Waals surface area contributed by atoms with Crippen molar-refractivity contribution in [1.82, 2.24) is 4.90 Å². The Morgan fingerprint density at radius 2 is 1.88 bits per heavy atom. The van der Waals surface area contributed by atoms with Crippen LogP contribution in [0.1, 0.15) is 27.9 Å². The van der Waals surface area contributed by atoms with E-state index in [2.05, 4.69) is 11.8 Å². The minimum atomic E-state index is -2.75. The molecule has 2 saturated carbocycles. The van der Waals surface area contributed by atoms with Crippen LogP contribution in [0.5, 0.6) is 5.75 Å². The van der Waals surface area contributed by atoms with E-state index in [9.17, 15) is 34.2 Å². The number of Topliss-reactive ketones (excluding diaryl/α,β-unsaturated/α-hetero) is 4. The molecule has 1 aromatic carbocycles. The van der Waals surface area contributed by atoms with Crippen molar-refractivity contribution in [2.45, 2.75) is 24.5 Å². The van der Waals surface area contributed by atoms with Gasteiger partial charge in [0, 0.05) is 11.5 Å². The molecule has 0 saturated heterocycles. The second-order valence-electron chi connectivity index (χ2n) is 9.24. The van der Waals surface area contributed by atoms with E-state index in [-0.39, 0.29) is 24.2 Å². The molecule has 10 nitrogen and oxygen atoms in total. The lowest BCUT2D eigenvalue weighted by atomic mass is 9.52. The van der Waals surface area contributed by atoms with Crippen LogP contribution in [0, 0.1) is 35.5 Å². The predicted molar refractivity (Wildman–Crippen MR) is 115 cm³/mol. The summed E-state index contributed by atoms with van der Waals surface area (Å²) < 4.78 is 0. The van der Waals surface area contributed by atoms with Gasteiger partial charge < -0.3 is 21.1 Å². The van der Waals surface area contributed by atoms with Crippen LogP contribution in [-0.2, 0) is 25.6 Å². The van der Waals surface area contributed by atoms with Crippen LogP contribution in [0.25, 0.3) is 0 Å². The number of carbonyl (C=O) groups is 5. The third-order valence-corrected chi connectivity index (χ3v) is 7.25. The number of fused-ring (bicyclic) bond motifs is 3. The van der Waals surface area contributed by atoms with E-state index in [0.717, 1.165) is 0 Å². The number of nitrogens with zero attached hydrogens (tertiary/aromatic N) is 1. The highest BCUT2D eigenvalue weighted by Crippen LogP contribution is 2.50. The molecule has 3 aliphatic rings. The van der Waals surface area contributed by atoms with E-state index in [1.807, 2.05) is 0 Å². The molecule has 34 heavy (non-hydrogen) atoms. The van der Waals surface area contributed by atoms with Crippen LogP contribution in [0.2, 0.25) is 0 Å². The summed E-state index contributed by atoms with van der Waals surface area (Å²) in [5, 5.41) is 30.9. The third kappa shape index (κ3) is 3.12. The van der Waals surface area contributed by atoms with Crippen molar-refractivity contribution in [2.75, 3.05) is 20.7 Å². The maximum Gasteiger partial charge on any atom is 0.235 e. The van der Waals surface area contributed by atoms with E-state index >= 15 is 0 Å². The minimum absolute atomic E-state index is 0.0353. The molecule has 3 aliphatic carbocycles. The van der Waals surface area contributed by atoms with Crippen molar-refractivity contribution in [2.24, 2.45) is 29.4 Å². The molecule has 0 aliphatic heterocycles. The van der Waals surface area contributed by atoms with E-state index in [1.54, 1.807) is 0 Å². The topological polar surface area (TPSA) is 175 Å². The van der Waals surface area contributed by atoms with Crippen molar-refractivity contribution >= 4 is 29.0 Å². The summed E-state index contributed by atoms with van der Waals surface area (Å²) in [5.41, 5.74) is 3.20. The highest BCUT2D eigenvalue weighted by atomic mass is 16.3. The maximum absolute atomic E-state index is 13.6. The number of hydrogen-bond donors (Lipinski definition) is 4. The smallest absolute Gasteiger partial charge is 0.235 e. The van der Waals surface area contributed by atoms with Crippen LogP contribution in [-0.4, -0.2) is 81.6 Å². The van der Waals surface area contributed by atoms with Crippen molar-refractivity contribution in [3.8, 4) is 17.6 Å². The number of aromatic hydroxyl groups is 1. The first kappa shape index (κ1) is 23.8. The average molecular weight is 468 g/mol. The van der Waals surface area contributed by atoms with E-state index in [0.29, 0.717) is 11.1 Å². The lowest BCUT2D eigenvalue weighted by Gasteiger charge is -2.52. The molecule has 1 amide bonds. The summed E-state index contributed by atoms with van der Waals surface area (Å²) in [6, 6.07) is 1.59. The Labute approximate surface area is 194 Å². The van der Waals surface area contributed by atoms with Crippen molar-refractivity contribution in [3.63, 3.8) is 0 Å². The summed E-state index contributed by atoms with van der Waals surface area (Å²) in [5.74, 6) is -5.69. The molecule has 5 N–H and O–H groups in total. The number of carbonyl (C=O) groups excluding carboxylic acids is 5. The number of phenolic OH excluding ortho intramolecular Hbond substituents is 1. The molecule has 2 unspecified atom stereocenters. The van der Waals surface area contributed by atoms with Gasteiger partial charge in [-0.15, -0.1) is 0 Å². The fraction of sp³-hybridized carbons (Fsp3) is 0.458. The van der Waals surface area contributed by atoms with Gasteiger partial charge in [0.05, 0.1) is 17.5 Å². The SMILES string of the molecule is CN(C)[C@H]1C(=O)C(C(N)=O)C(=O)[C@]2(O)C(=O)C3C(=O)c4c(O)ccc(C#CCO)c4C[C@@H]3C[C@H]12. The quantitative estimate of drug-likeness (QED) is 0.288. The number of aliphatic hydroxyl groups excluding tert-OH is 1. The first-order valence-electron chi connectivity index (χ1n) is 10.8. The number of phenols is 1. The van der Waals surface area contributed by atoms with Gasteiger partial charge in [-0.05, 0) is 50.6 Å². The highest BCUT2D eigenvalue weighted by molar-refractivity contribution is 6.32. The molecule has 1 aromatic rings. The van der Waals surface area contributed by atoms with E-state index in [4.69, 9.17) is 10.8 Å². The Morgan fingerprint density at radius 3 is 2.47 bits per heavy atom. The fourth-order valence-corrected chi connectivity index (χ4v) is 5.86. The number of ketones is 4. The third-order valence-electron chi connectivity index (χ3n) is 7.25. The molecular formula is C24H24N2O8. The average Bonchev–Trinajstić information content (AvgIpc) is 2.75. The zero-order chi connectivity index (χ0) is 25.1. The summed E-state index contributed by atoms with van der Waals surface area (Å²) >= 11 is 0. The monoisotopic (exact) mass is 468 g/mol. The zero-order valence-corrected chi connectivity index (χ0v) is 18.6. The van der Waals surface area contributed by atoms with Crippen molar-refractivity contribution in [1.29, 1.82) is 0 Å². The normalized spacial score (nSPS) is 32.4. The highest BCUT2D eigenvalue weighted by Gasteiger charge is 2.69. The fourth-order valence-electron chi connectivity index (χ4n) is 5.86. The van der Waals surface area contributed by atoms with Gasteiger partial charge in [-0.25, -0.2) is 0 Å². The number of rotatable bonds is 2. The van der Waals surface area contributed by atoms with Crippen LogP contribution in [0.15, 0.2) is 12.1 Å². The van der Waals surface area contributed by atoms with Crippen LogP contribution < -0.4 is 5.73 Å². The number of amides is 1. The number of likely N-dealkylation sites (N-methyl/N-ethyl adjacent to an activating group) is 1. The van der Waals surface area contributed by atoms with Crippen LogP contribution >= 0.6 is 0 Å². The van der Waals surface area contributed by atoms with Gasteiger partial charge in [-0.1, -0.05) is 11.8 Å². The van der Waals surface area contributed by atoms with Gasteiger partial charge in [0.2, 0.25) is 5.91 Å². The summed E-state index contributed by atoms with van der Waals surface area (Å²) in [7, 11) is 3.05. The molecule has 0 aromatic heterocycles. The standard InChI is InChI=1S/C24H24N2O8/c1-26(2)18-13-9-11-8-12-10(4-3-7-27)5-6-14(28)16(12)19(29)15(11)21(31)24(13,34)22(32)17(20(18)30)23(25)33/h5-6,11,13,15,17-18,27-28,34H,7-9H2,1-2H3,(H2,25,33)/t11-,13-,15?,17?,18-,24-/m1/s1. The molecule has 4 rings (SSSR count). The number of nitrogens with two attached hydrogens (primary N) is 1. The van der Waals surface area contributed by atoms with Gasteiger partial charge >= 0.3 is 0 Å².